The van der Waals surface area contributed by atoms with Gasteiger partial charge in [0, 0.05) is 6.42 Å². The number of carbonyl (C=O) groups excluding carboxylic acids is 1. The summed E-state index contributed by atoms with van der Waals surface area (Å²) in [4.78, 5) is 11.6. The number of carbonyl (C=O) groups is 1. The molecule has 0 aromatic heterocycles. The minimum atomic E-state index is -1.88. The van der Waals surface area contributed by atoms with E-state index >= 15 is 0 Å². The van der Waals surface area contributed by atoms with Crippen molar-refractivity contribution >= 4 is 14.3 Å². The van der Waals surface area contributed by atoms with E-state index in [1.54, 1.807) is 0 Å². The molecule has 0 saturated carbocycles. The van der Waals surface area contributed by atoms with E-state index in [9.17, 15) is 4.79 Å². The third kappa shape index (κ3) is 7.14. The fraction of sp³-hybridized carbons (Fsp3) is 0.850. The van der Waals surface area contributed by atoms with Crippen LogP contribution in [0.3, 0.4) is 0 Å². The maximum absolute atomic E-state index is 11.6. The van der Waals surface area contributed by atoms with E-state index in [0.29, 0.717) is 6.42 Å². The Morgan fingerprint density at radius 1 is 1.31 bits per heavy atom. The first-order valence-electron chi connectivity index (χ1n) is 9.51. The first-order valence-corrected chi connectivity index (χ1v) is 12.4. The Kier molecular flexibility index (Phi) is 8.08. The van der Waals surface area contributed by atoms with Crippen molar-refractivity contribution in [3.8, 4) is 0 Å². The Balaban J connectivity index is 2.82. The third-order valence-electron chi connectivity index (χ3n) is 5.27. The van der Waals surface area contributed by atoms with Crippen LogP contribution >= 0.6 is 0 Å². The summed E-state index contributed by atoms with van der Waals surface area (Å²) in [5.41, 5.74) is 0. The van der Waals surface area contributed by atoms with Gasteiger partial charge in [0.2, 0.25) is 0 Å². The van der Waals surface area contributed by atoms with Crippen molar-refractivity contribution in [1.82, 2.24) is 0 Å². The highest BCUT2D eigenvalue weighted by atomic mass is 28.4. The molecule has 5 nitrogen and oxygen atoms in total. The smallest absolute Gasteiger partial charge is 0.308 e. The molecule has 6 heteroatoms. The molecule has 26 heavy (non-hydrogen) atoms. The summed E-state index contributed by atoms with van der Waals surface area (Å²) in [5.74, 6) is -0.983. The van der Waals surface area contributed by atoms with E-state index in [-0.39, 0.29) is 35.7 Å². The zero-order valence-corrected chi connectivity index (χ0v) is 18.9. The second kappa shape index (κ2) is 9.00. The quantitative estimate of drug-likeness (QED) is 0.340. The molecule has 1 fully saturated rings. The van der Waals surface area contributed by atoms with Gasteiger partial charge in [0.05, 0.1) is 31.8 Å². The molecule has 3 atom stereocenters. The van der Waals surface area contributed by atoms with Gasteiger partial charge in [-0.2, -0.15) is 0 Å². The third-order valence-corrected chi connectivity index (χ3v) is 9.81. The zero-order chi connectivity index (χ0) is 20.2. The number of esters is 1. The van der Waals surface area contributed by atoms with Gasteiger partial charge in [0.15, 0.2) is 14.1 Å². The molecule has 1 aliphatic heterocycles. The summed E-state index contributed by atoms with van der Waals surface area (Å²) >= 11 is 0. The number of ether oxygens (including phenoxy) is 3. The van der Waals surface area contributed by atoms with Crippen LogP contribution in [0.2, 0.25) is 18.1 Å². The van der Waals surface area contributed by atoms with Crippen molar-refractivity contribution in [2.24, 2.45) is 0 Å². The fourth-order valence-corrected chi connectivity index (χ4v) is 4.40. The highest BCUT2D eigenvalue weighted by Gasteiger charge is 2.41. The van der Waals surface area contributed by atoms with Gasteiger partial charge in [-0.3, -0.25) is 4.79 Å². The molecule has 0 N–H and O–H groups in total. The van der Waals surface area contributed by atoms with Gasteiger partial charge >= 0.3 is 5.97 Å². The number of methoxy groups -OCH3 is 1. The monoisotopic (exact) mass is 386 g/mol. The minimum absolute atomic E-state index is 0.0249. The maximum Gasteiger partial charge on any atom is 0.308 e. The van der Waals surface area contributed by atoms with Crippen molar-refractivity contribution in [3.05, 3.63) is 12.7 Å². The molecule has 0 aliphatic carbocycles. The lowest BCUT2D eigenvalue weighted by Crippen LogP contribution is -2.48. The Morgan fingerprint density at radius 3 is 2.38 bits per heavy atom. The molecule has 0 aromatic rings. The molecule has 1 saturated heterocycles. The van der Waals surface area contributed by atoms with Crippen LogP contribution in [0, 0.1) is 0 Å². The van der Waals surface area contributed by atoms with Gasteiger partial charge in [-0.25, -0.2) is 0 Å². The highest BCUT2D eigenvalue weighted by Crippen LogP contribution is 2.39. The van der Waals surface area contributed by atoms with Gasteiger partial charge in [-0.15, -0.1) is 6.58 Å². The predicted octanol–water partition coefficient (Wildman–Crippen LogP) is 4.82. The maximum atomic E-state index is 11.6. The molecular formula is C20H38O5Si. The molecule has 1 aliphatic rings. The molecule has 1 rings (SSSR count). The second-order valence-electron chi connectivity index (χ2n) is 9.16. The van der Waals surface area contributed by atoms with Crippen molar-refractivity contribution in [1.29, 1.82) is 0 Å². The topological polar surface area (TPSA) is 54.0 Å². The summed E-state index contributed by atoms with van der Waals surface area (Å²) < 4.78 is 23.4. The van der Waals surface area contributed by atoms with Gasteiger partial charge in [0.1, 0.15) is 0 Å². The SMILES string of the molecule is C=CC[C@H](C[C@@H]1C[C@H](CC(=O)OC)OC(C)(C)O1)O[Si](C)(C)C(C)(C)C. The lowest BCUT2D eigenvalue weighted by Gasteiger charge is -2.43. The Hall–Kier alpha value is -0.693. The van der Waals surface area contributed by atoms with E-state index in [4.69, 9.17) is 18.6 Å². The van der Waals surface area contributed by atoms with Crippen LogP contribution in [0.1, 0.15) is 60.3 Å². The van der Waals surface area contributed by atoms with Crippen LogP contribution < -0.4 is 0 Å². The van der Waals surface area contributed by atoms with Crippen LogP contribution in [-0.2, 0) is 23.4 Å². The van der Waals surface area contributed by atoms with Crippen molar-refractivity contribution in [2.45, 2.75) is 103 Å². The Morgan fingerprint density at radius 2 is 1.88 bits per heavy atom. The summed E-state index contributed by atoms with van der Waals surface area (Å²) in [6.45, 7) is 18.9. The lowest BCUT2D eigenvalue weighted by atomic mass is 9.99. The van der Waals surface area contributed by atoms with Crippen molar-refractivity contribution in [3.63, 3.8) is 0 Å². The van der Waals surface area contributed by atoms with E-state index in [2.05, 4.69) is 40.4 Å². The van der Waals surface area contributed by atoms with Crippen molar-refractivity contribution in [2.75, 3.05) is 7.11 Å². The average Bonchev–Trinajstić information content (AvgIpc) is 2.43. The molecule has 0 unspecified atom stereocenters. The largest absolute Gasteiger partial charge is 0.469 e. The number of rotatable bonds is 8. The standard InChI is InChI=1S/C20H38O5Si/c1-10-11-15(25-26(8,9)19(2,3)4)12-16-13-17(14-18(21)22-7)24-20(5,6)23-16/h10,15-17H,1,11-14H2,2-9H3/t15-,16-,17-/m1/s1. The fourth-order valence-electron chi connectivity index (χ4n) is 3.02. The van der Waals surface area contributed by atoms with Gasteiger partial charge in [0.25, 0.3) is 0 Å². The molecule has 0 spiro atoms. The Bertz CT molecular complexity index is 481. The summed E-state index contributed by atoms with van der Waals surface area (Å²) in [7, 11) is -0.483. The summed E-state index contributed by atoms with van der Waals surface area (Å²) in [6, 6.07) is 0. The molecule has 152 valence electrons. The highest BCUT2D eigenvalue weighted by molar-refractivity contribution is 6.74. The second-order valence-corrected chi connectivity index (χ2v) is 13.9. The number of hydrogen-bond acceptors (Lipinski definition) is 5. The van der Waals surface area contributed by atoms with Crippen LogP contribution in [0.5, 0.6) is 0 Å². The zero-order valence-electron chi connectivity index (χ0n) is 17.9. The molecule has 0 amide bonds. The normalized spacial score (nSPS) is 24.8. The van der Waals surface area contributed by atoms with Crippen molar-refractivity contribution < 1.29 is 23.4 Å². The van der Waals surface area contributed by atoms with E-state index in [1.807, 2.05) is 19.9 Å². The summed E-state index contributed by atoms with van der Waals surface area (Å²) in [6.07, 6.45) is 4.21. The van der Waals surface area contributed by atoms with Crippen LogP contribution in [0.25, 0.3) is 0 Å². The lowest BCUT2D eigenvalue weighted by molar-refractivity contribution is -0.302. The van der Waals surface area contributed by atoms with Crippen LogP contribution in [0.4, 0.5) is 0 Å². The van der Waals surface area contributed by atoms with E-state index in [1.165, 1.54) is 7.11 Å². The molecule has 0 radical (unpaired) electrons. The number of hydrogen-bond donors (Lipinski definition) is 0. The van der Waals surface area contributed by atoms with E-state index < -0.39 is 14.1 Å². The van der Waals surface area contributed by atoms with E-state index in [0.717, 1.165) is 12.8 Å². The Labute approximate surface area is 160 Å². The molecule has 0 aromatic carbocycles. The van der Waals surface area contributed by atoms with Crippen LogP contribution in [-0.4, -0.2) is 45.5 Å². The van der Waals surface area contributed by atoms with Gasteiger partial charge in [-0.1, -0.05) is 26.8 Å². The molecule has 1 heterocycles. The first-order chi connectivity index (χ1) is 11.8. The van der Waals surface area contributed by atoms with Gasteiger partial charge in [-0.05, 0) is 44.8 Å². The van der Waals surface area contributed by atoms with Crippen LogP contribution in [0.15, 0.2) is 12.7 Å². The minimum Gasteiger partial charge on any atom is -0.469 e. The van der Waals surface area contributed by atoms with Gasteiger partial charge < -0.3 is 18.6 Å². The first kappa shape index (κ1) is 23.3. The predicted molar refractivity (Wildman–Crippen MR) is 107 cm³/mol. The average molecular weight is 387 g/mol. The molecular weight excluding hydrogens is 348 g/mol. The molecule has 0 bridgehead atoms. The summed E-state index contributed by atoms with van der Waals surface area (Å²) in [5, 5.41) is 0.148.